The largest absolute Gasteiger partial charge is 0.421 e. The minimum atomic E-state index is -0.501. The van der Waals surface area contributed by atoms with Crippen molar-refractivity contribution in [1.29, 1.82) is 0 Å². The third-order valence-corrected chi connectivity index (χ3v) is 4.80. The van der Waals surface area contributed by atoms with Gasteiger partial charge in [-0.05, 0) is 24.3 Å². The van der Waals surface area contributed by atoms with E-state index in [0.29, 0.717) is 22.7 Å². The summed E-state index contributed by atoms with van der Waals surface area (Å²) >= 11 is 3.20. The van der Waals surface area contributed by atoms with Gasteiger partial charge in [-0.1, -0.05) is 41.1 Å². The number of halogens is 2. The number of benzene rings is 2. The summed E-state index contributed by atoms with van der Waals surface area (Å²) in [5, 5.41) is 11.6. The molecule has 0 saturated carbocycles. The molecule has 2 aromatic heterocycles. The van der Waals surface area contributed by atoms with Crippen LogP contribution in [0.25, 0.3) is 22.4 Å². The molecule has 0 aliphatic carbocycles. The fourth-order valence-corrected chi connectivity index (χ4v) is 3.32. The van der Waals surface area contributed by atoms with Crippen molar-refractivity contribution in [3.05, 3.63) is 64.8 Å². The number of carbonyl (C=O) groups excluding carboxylic acids is 1. The minimum absolute atomic E-state index is 0.0186. The van der Waals surface area contributed by atoms with Crippen molar-refractivity contribution in [2.75, 3.05) is 5.32 Å². The summed E-state index contributed by atoms with van der Waals surface area (Å²) in [5.74, 6) is 0.119. The lowest BCUT2D eigenvalue weighted by molar-refractivity contribution is -0.116. The van der Waals surface area contributed by atoms with Crippen LogP contribution in [0, 0.1) is 5.82 Å². The van der Waals surface area contributed by atoms with Gasteiger partial charge in [0.25, 0.3) is 0 Å². The average molecular weight is 443 g/mol. The molecule has 0 atom stereocenters. The van der Waals surface area contributed by atoms with Crippen molar-refractivity contribution >= 4 is 38.4 Å². The first-order valence-electron chi connectivity index (χ1n) is 8.70. The second-order valence-corrected chi connectivity index (χ2v) is 7.13. The number of aryl methyl sites for hydroxylation is 1. The Bertz CT molecular complexity index is 1170. The number of carbonyl (C=O) groups is 1. The number of hydrogen-bond acceptors (Lipinski definition) is 4. The second-order valence-electron chi connectivity index (χ2n) is 6.21. The number of para-hydroxylation sites is 1. The molecule has 4 rings (SSSR count). The molecule has 2 heterocycles. The Morgan fingerprint density at radius 1 is 1.25 bits per heavy atom. The van der Waals surface area contributed by atoms with E-state index in [1.54, 1.807) is 16.8 Å². The molecule has 4 aromatic rings. The molecule has 0 aliphatic rings. The standard InChI is InChI=1S/C20H16BrFN4O2/c1-2-19-24-25-20(28-19)14-10-26(17-6-4-3-5-13(14)17)11-18(27)23-16-8-7-12(21)9-15(16)22/h3-10H,2,11H2,1H3,(H,23,27). The Morgan fingerprint density at radius 3 is 2.82 bits per heavy atom. The van der Waals surface area contributed by atoms with Crippen LogP contribution in [0.5, 0.6) is 0 Å². The summed E-state index contributed by atoms with van der Waals surface area (Å²) in [6.45, 7) is 1.96. The van der Waals surface area contributed by atoms with Crippen molar-refractivity contribution in [3.8, 4) is 11.5 Å². The van der Waals surface area contributed by atoms with Crippen LogP contribution < -0.4 is 5.32 Å². The molecule has 28 heavy (non-hydrogen) atoms. The fourth-order valence-electron chi connectivity index (χ4n) is 2.99. The molecule has 0 aliphatic heterocycles. The van der Waals surface area contributed by atoms with Crippen LogP contribution in [0.2, 0.25) is 0 Å². The number of amides is 1. The highest BCUT2D eigenvalue weighted by atomic mass is 79.9. The predicted octanol–water partition coefficient (Wildman–Crippen LogP) is 4.79. The maximum Gasteiger partial charge on any atom is 0.249 e. The van der Waals surface area contributed by atoms with Gasteiger partial charge >= 0.3 is 0 Å². The summed E-state index contributed by atoms with van der Waals surface area (Å²) in [5.41, 5.74) is 1.74. The molecular formula is C20H16BrFN4O2. The first kappa shape index (κ1) is 18.4. The van der Waals surface area contributed by atoms with Gasteiger partial charge in [-0.25, -0.2) is 4.39 Å². The number of rotatable bonds is 5. The van der Waals surface area contributed by atoms with Crippen LogP contribution in [0.3, 0.4) is 0 Å². The quantitative estimate of drug-likeness (QED) is 0.481. The summed E-state index contributed by atoms with van der Waals surface area (Å²) in [6, 6.07) is 12.1. The molecule has 8 heteroatoms. The molecule has 0 bridgehead atoms. The zero-order valence-corrected chi connectivity index (χ0v) is 16.5. The summed E-state index contributed by atoms with van der Waals surface area (Å²) in [7, 11) is 0. The van der Waals surface area contributed by atoms with Crippen LogP contribution in [0.1, 0.15) is 12.8 Å². The molecule has 0 unspecified atom stereocenters. The second kappa shape index (κ2) is 7.55. The first-order valence-corrected chi connectivity index (χ1v) is 9.50. The van der Waals surface area contributed by atoms with E-state index in [0.717, 1.165) is 16.5 Å². The van der Waals surface area contributed by atoms with Gasteiger partial charge in [-0.3, -0.25) is 4.79 Å². The Hall–Kier alpha value is -3.00. The third-order valence-electron chi connectivity index (χ3n) is 4.31. The molecule has 1 N–H and O–H groups in total. The average Bonchev–Trinajstić information content (AvgIpc) is 3.29. The molecule has 142 valence electrons. The van der Waals surface area contributed by atoms with E-state index < -0.39 is 5.82 Å². The number of nitrogens with zero attached hydrogens (tertiary/aromatic N) is 3. The van der Waals surface area contributed by atoms with Gasteiger partial charge < -0.3 is 14.3 Å². The van der Waals surface area contributed by atoms with Crippen LogP contribution in [0.4, 0.5) is 10.1 Å². The Balaban J connectivity index is 1.64. The zero-order valence-electron chi connectivity index (χ0n) is 14.9. The lowest BCUT2D eigenvalue weighted by Crippen LogP contribution is -2.18. The van der Waals surface area contributed by atoms with Gasteiger partial charge in [-0.15, -0.1) is 10.2 Å². The van der Waals surface area contributed by atoms with Crippen molar-refractivity contribution in [2.24, 2.45) is 0 Å². The summed E-state index contributed by atoms with van der Waals surface area (Å²) in [4.78, 5) is 12.5. The van der Waals surface area contributed by atoms with Crippen LogP contribution in [-0.4, -0.2) is 20.7 Å². The Kier molecular flexibility index (Phi) is 4.95. The number of aromatic nitrogens is 3. The normalized spacial score (nSPS) is 11.1. The summed E-state index contributed by atoms with van der Waals surface area (Å²) < 4.78 is 22.1. The third kappa shape index (κ3) is 3.55. The van der Waals surface area contributed by atoms with E-state index in [9.17, 15) is 9.18 Å². The van der Waals surface area contributed by atoms with Gasteiger partial charge in [-0.2, -0.15) is 0 Å². The van der Waals surface area contributed by atoms with Crippen molar-refractivity contribution in [2.45, 2.75) is 19.9 Å². The smallest absolute Gasteiger partial charge is 0.249 e. The van der Waals surface area contributed by atoms with Crippen molar-refractivity contribution < 1.29 is 13.6 Å². The maximum atomic E-state index is 14.0. The molecule has 2 aromatic carbocycles. The number of fused-ring (bicyclic) bond motifs is 1. The molecule has 0 saturated heterocycles. The number of hydrogen-bond donors (Lipinski definition) is 1. The minimum Gasteiger partial charge on any atom is -0.421 e. The zero-order chi connectivity index (χ0) is 19.7. The Morgan fingerprint density at radius 2 is 2.07 bits per heavy atom. The molecule has 0 fully saturated rings. The summed E-state index contributed by atoms with van der Waals surface area (Å²) in [6.07, 6.45) is 2.45. The van der Waals surface area contributed by atoms with Crippen molar-refractivity contribution in [1.82, 2.24) is 14.8 Å². The predicted molar refractivity (Wildman–Crippen MR) is 107 cm³/mol. The highest BCUT2D eigenvalue weighted by Gasteiger charge is 2.17. The Labute approximate surface area is 168 Å². The van der Waals surface area contributed by atoms with E-state index in [2.05, 4.69) is 31.4 Å². The molecule has 0 spiro atoms. The van der Waals surface area contributed by atoms with E-state index >= 15 is 0 Å². The lowest BCUT2D eigenvalue weighted by Gasteiger charge is -2.08. The SMILES string of the molecule is CCc1nnc(-c2cn(CC(=O)Nc3ccc(Br)cc3F)c3ccccc23)o1. The van der Waals surface area contributed by atoms with Crippen LogP contribution in [-0.2, 0) is 17.8 Å². The fraction of sp³-hybridized carbons (Fsp3) is 0.150. The number of anilines is 1. The van der Waals surface area contributed by atoms with Gasteiger partial charge in [0.05, 0.1) is 11.3 Å². The molecular weight excluding hydrogens is 427 g/mol. The molecule has 0 radical (unpaired) electrons. The lowest BCUT2D eigenvalue weighted by atomic mass is 10.2. The highest BCUT2D eigenvalue weighted by molar-refractivity contribution is 9.10. The van der Waals surface area contributed by atoms with E-state index in [4.69, 9.17) is 4.42 Å². The topological polar surface area (TPSA) is 73.0 Å². The first-order chi connectivity index (χ1) is 13.5. The van der Waals surface area contributed by atoms with Gasteiger partial charge in [0.1, 0.15) is 12.4 Å². The van der Waals surface area contributed by atoms with Gasteiger partial charge in [0, 0.05) is 28.0 Å². The molecule has 1 amide bonds. The number of nitrogens with one attached hydrogen (secondary N) is 1. The van der Waals surface area contributed by atoms with Gasteiger partial charge in [0.2, 0.25) is 17.7 Å². The van der Waals surface area contributed by atoms with Crippen molar-refractivity contribution in [3.63, 3.8) is 0 Å². The maximum absolute atomic E-state index is 14.0. The van der Waals surface area contributed by atoms with Crippen LogP contribution >= 0.6 is 15.9 Å². The monoisotopic (exact) mass is 442 g/mol. The van der Waals surface area contributed by atoms with Gasteiger partial charge in [0.15, 0.2) is 0 Å². The molecule has 6 nitrogen and oxygen atoms in total. The van der Waals surface area contributed by atoms with E-state index in [1.807, 2.05) is 31.2 Å². The van der Waals surface area contributed by atoms with Crippen LogP contribution in [0.15, 0.2) is 57.6 Å². The van der Waals surface area contributed by atoms with E-state index in [-0.39, 0.29) is 18.1 Å². The highest BCUT2D eigenvalue weighted by Crippen LogP contribution is 2.30. The van der Waals surface area contributed by atoms with E-state index in [1.165, 1.54) is 12.1 Å².